The zero-order valence-electron chi connectivity index (χ0n) is 11.3. The Morgan fingerprint density at radius 2 is 2.10 bits per heavy atom. The van der Waals surface area contributed by atoms with E-state index in [0.717, 1.165) is 23.9 Å². The number of para-hydroxylation sites is 1. The summed E-state index contributed by atoms with van der Waals surface area (Å²) in [5, 5.41) is 16.8. The van der Waals surface area contributed by atoms with Crippen molar-refractivity contribution in [1.82, 2.24) is 14.8 Å². The summed E-state index contributed by atoms with van der Waals surface area (Å²) in [6.07, 6.45) is 0.720. The van der Waals surface area contributed by atoms with Gasteiger partial charge in [0, 0.05) is 6.54 Å². The van der Waals surface area contributed by atoms with Crippen molar-refractivity contribution in [1.29, 1.82) is 0 Å². The van der Waals surface area contributed by atoms with E-state index in [1.165, 1.54) is 0 Å². The number of ether oxygens (including phenoxy) is 1. The number of nitrogens with zero attached hydrogens (tertiary/aromatic N) is 3. The molecule has 3 N–H and O–H groups in total. The van der Waals surface area contributed by atoms with Crippen LogP contribution in [0.4, 0.5) is 5.95 Å². The summed E-state index contributed by atoms with van der Waals surface area (Å²) >= 11 is 1.10. The van der Waals surface area contributed by atoms with Gasteiger partial charge in [0.25, 0.3) is 0 Å². The molecule has 0 amide bonds. The minimum absolute atomic E-state index is 0.0708. The molecular weight excluding hydrogens is 292 g/mol. The second kappa shape index (κ2) is 7.53. The summed E-state index contributed by atoms with van der Waals surface area (Å²) < 4.78 is 7.28. The summed E-state index contributed by atoms with van der Waals surface area (Å²) in [5.41, 5.74) is 5.73. The quantitative estimate of drug-likeness (QED) is 0.562. The van der Waals surface area contributed by atoms with Crippen molar-refractivity contribution in [3.05, 3.63) is 30.3 Å². The van der Waals surface area contributed by atoms with E-state index in [2.05, 4.69) is 10.2 Å². The normalized spacial score (nSPS) is 10.5. The average Bonchev–Trinajstić information content (AvgIpc) is 2.83. The summed E-state index contributed by atoms with van der Waals surface area (Å²) in [4.78, 5) is 10.6. The molecule has 0 spiro atoms. The highest BCUT2D eigenvalue weighted by Crippen LogP contribution is 2.18. The van der Waals surface area contributed by atoms with E-state index in [9.17, 15) is 4.79 Å². The van der Waals surface area contributed by atoms with Gasteiger partial charge in [-0.1, -0.05) is 30.0 Å². The lowest BCUT2D eigenvalue weighted by Crippen LogP contribution is -2.09. The number of rotatable bonds is 8. The molecule has 0 aliphatic rings. The fraction of sp³-hybridized carbons (Fsp3) is 0.308. The van der Waals surface area contributed by atoms with Gasteiger partial charge in [-0.25, -0.2) is 0 Å². The van der Waals surface area contributed by atoms with Crippen LogP contribution in [0.15, 0.2) is 35.5 Å². The van der Waals surface area contributed by atoms with Crippen molar-refractivity contribution >= 4 is 23.7 Å². The number of hydrogen-bond donors (Lipinski definition) is 2. The maximum absolute atomic E-state index is 10.6. The first-order valence-corrected chi connectivity index (χ1v) is 7.36. The van der Waals surface area contributed by atoms with Crippen LogP contribution in [0.1, 0.15) is 6.42 Å². The van der Waals surface area contributed by atoms with Gasteiger partial charge in [0.15, 0.2) is 5.16 Å². The third-order valence-corrected chi connectivity index (χ3v) is 3.56. The number of aliphatic carboxylic acids is 1. The van der Waals surface area contributed by atoms with Crippen LogP contribution in [0.5, 0.6) is 5.75 Å². The molecule has 1 heterocycles. The third kappa shape index (κ3) is 4.67. The zero-order valence-corrected chi connectivity index (χ0v) is 12.1. The molecule has 2 rings (SSSR count). The number of carboxylic acids is 1. The lowest BCUT2D eigenvalue weighted by molar-refractivity contribution is -0.133. The first-order chi connectivity index (χ1) is 10.2. The lowest BCUT2D eigenvalue weighted by atomic mass is 10.3. The fourth-order valence-corrected chi connectivity index (χ4v) is 2.36. The number of anilines is 1. The molecule has 0 aliphatic carbocycles. The number of thioether (sulfide) groups is 1. The highest BCUT2D eigenvalue weighted by molar-refractivity contribution is 7.99. The van der Waals surface area contributed by atoms with Gasteiger partial charge in [0.2, 0.25) is 5.95 Å². The van der Waals surface area contributed by atoms with Crippen LogP contribution in [0, 0.1) is 0 Å². The van der Waals surface area contributed by atoms with Gasteiger partial charge in [0.05, 0.1) is 12.4 Å². The number of hydrogen-bond acceptors (Lipinski definition) is 6. The second-order valence-corrected chi connectivity index (χ2v) is 5.13. The van der Waals surface area contributed by atoms with E-state index >= 15 is 0 Å². The molecule has 7 nitrogen and oxygen atoms in total. The Morgan fingerprint density at radius 1 is 1.33 bits per heavy atom. The Balaban J connectivity index is 1.82. The van der Waals surface area contributed by atoms with E-state index in [1.54, 1.807) is 4.57 Å². The highest BCUT2D eigenvalue weighted by Gasteiger charge is 2.11. The van der Waals surface area contributed by atoms with Crippen molar-refractivity contribution in [2.24, 2.45) is 0 Å². The molecular formula is C13H16N4O3S. The van der Waals surface area contributed by atoms with Gasteiger partial charge in [-0.3, -0.25) is 9.36 Å². The maximum Gasteiger partial charge on any atom is 0.313 e. The molecule has 0 atom stereocenters. The third-order valence-electron chi connectivity index (χ3n) is 2.61. The Kier molecular flexibility index (Phi) is 5.44. The molecule has 0 saturated carbocycles. The lowest BCUT2D eigenvalue weighted by Gasteiger charge is -2.08. The predicted octanol–water partition coefficient (Wildman–Crippen LogP) is 1.51. The van der Waals surface area contributed by atoms with E-state index in [0.29, 0.717) is 18.3 Å². The van der Waals surface area contributed by atoms with Crippen LogP contribution in [0.25, 0.3) is 0 Å². The molecule has 2 aromatic rings. The minimum atomic E-state index is -0.902. The zero-order chi connectivity index (χ0) is 15.1. The van der Waals surface area contributed by atoms with Crippen LogP contribution in [0.2, 0.25) is 0 Å². The van der Waals surface area contributed by atoms with Crippen molar-refractivity contribution in [2.75, 3.05) is 18.1 Å². The molecule has 0 unspecified atom stereocenters. The van der Waals surface area contributed by atoms with Crippen LogP contribution in [-0.2, 0) is 11.3 Å². The number of aromatic nitrogens is 3. The van der Waals surface area contributed by atoms with Gasteiger partial charge >= 0.3 is 5.97 Å². The summed E-state index contributed by atoms with van der Waals surface area (Å²) in [6.45, 7) is 1.11. The maximum atomic E-state index is 10.6. The highest BCUT2D eigenvalue weighted by atomic mass is 32.2. The number of nitrogen functional groups attached to an aromatic ring is 1. The van der Waals surface area contributed by atoms with Crippen LogP contribution < -0.4 is 10.5 Å². The summed E-state index contributed by atoms with van der Waals surface area (Å²) in [7, 11) is 0. The van der Waals surface area contributed by atoms with Crippen molar-refractivity contribution in [2.45, 2.75) is 18.1 Å². The molecule has 0 fully saturated rings. The molecule has 0 aliphatic heterocycles. The molecule has 1 aromatic carbocycles. The number of carboxylic acid groups (broad SMARTS) is 1. The average molecular weight is 308 g/mol. The van der Waals surface area contributed by atoms with Gasteiger partial charge in [-0.2, -0.15) is 0 Å². The number of benzene rings is 1. The van der Waals surface area contributed by atoms with Crippen molar-refractivity contribution in [3.8, 4) is 5.75 Å². The van der Waals surface area contributed by atoms with Crippen molar-refractivity contribution in [3.63, 3.8) is 0 Å². The topological polar surface area (TPSA) is 103 Å². The van der Waals surface area contributed by atoms with E-state index in [4.69, 9.17) is 15.6 Å². The van der Waals surface area contributed by atoms with E-state index < -0.39 is 5.97 Å². The smallest absolute Gasteiger partial charge is 0.313 e. The first-order valence-electron chi connectivity index (χ1n) is 6.38. The van der Waals surface area contributed by atoms with Crippen molar-refractivity contribution < 1.29 is 14.6 Å². The van der Waals surface area contributed by atoms with E-state index in [-0.39, 0.29) is 11.7 Å². The Morgan fingerprint density at radius 3 is 2.81 bits per heavy atom. The Bertz CT molecular complexity index is 588. The number of carbonyl (C=O) groups is 1. The fourth-order valence-electron chi connectivity index (χ4n) is 1.67. The standard InChI is InChI=1S/C13H16N4O3S/c14-12-15-16-13(21-9-11(18)19)17(12)7-4-8-20-10-5-2-1-3-6-10/h1-3,5-6H,4,7-9H2,(H2,14,15)(H,18,19). The number of nitrogens with two attached hydrogens (primary N) is 1. The molecule has 8 heteroatoms. The summed E-state index contributed by atoms with van der Waals surface area (Å²) in [6, 6.07) is 9.53. The molecule has 0 radical (unpaired) electrons. The van der Waals surface area contributed by atoms with Gasteiger partial charge < -0.3 is 15.6 Å². The first kappa shape index (κ1) is 15.2. The van der Waals surface area contributed by atoms with Gasteiger partial charge in [0.1, 0.15) is 5.75 Å². The van der Waals surface area contributed by atoms with Crippen LogP contribution >= 0.6 is 11.8 Å². The SMILES string of the molecule is Nc1nnc(SCC(=O)O)n1CCCOc1ccccc1. The van der Waals surface area contributed by atoms with Gasteiger partial charge in [-0.05, 0) is 18.6 Å². The van der Waals surface area contributed by atoms with Gasteiger partial charge in [-0.15, -0.1) is 10.2 Å². The minimum Gasteiger partial charge on any atom is -0.494 e. The molecule has 0 saturated heterocycles. The van der Waals surface area contributed by atoms with Crippen LogP contribution in [0.3, 0.4) is 0 Å². The Labute approximate surface area is 126 Å². The van der Waals surface area contributed by atoms with Crippen LogP contribution in [-0.4, -0.2) is 38.2 Å². The Hall–Kier alpha value is -2.22. The molecule has 0 bridgehead atoms. The summed E-state index contributed by atoms with van der Waals surface area (Å²) in [5.74, 6) is 0.122. The molecule has 21 heavy (non-hydrogen) atoms. The largest absolute Gasteiger partial charge is 0.494 e. The second-order valence-electron chi connectivity index (χ2n) is 4.19. The predicted molar refractivity (Wildman–Crippen MR) is 79.3 cm³/mol. The van der Waals surface area contributed by atoms with E-state index in [1.807, 2.05) is 30.3 Å². The monoisotopic (exact) mass is 308 g/mol. The molecule has 112 valence electrons. The molecule has 1 aromatic heterocycles.